The summed E-state index contributed by atoms with van der Waals surface area (Å²) >= 11 is 0. The largest absolute Gasteiger partial charge is 0.454 e. The molecule has 3 N–H and O–H groups in total. The van der Waals surface area contributed by atoms with E-state index in [4.69, 9.17) is 10.5 Å². The first-order chi connectivity index (χ1) is 21.3. The van der Waals surface area contributed by atoms with E-state index in [-0.39, 0.29) is 35.0 Å². The number of benzene rings is 3. The number of carbonyl (C=O) groups is 3. The van der Waals surface area contributed by atoms with Gasteiger partial charge in [-0.3, -0.25) is 9.59 Å². The number of aromatic nitrogens is 2. The molecule has 45 heavy (non-hydrogen) atoms. The second kappa shape index (κ2) is 10.8. The summed E-state index contributed by atoms with van der Waals surface area (Å²) in [6, 6.07) is 12.9. The Morgan fingerprint density at radius 1 is 1.07 bits per heavy atom. The average Bonchev–Trinajstić information content (AvgIpc) is 3.62. The van der Waals surface area contributed by atoms with Gasteiger partial charge in [-0.25, -0.2) is 18.8 Å². The van der Waals surface area contributed by atoms with E-state index in [9.17, 15) is 27.6 Å². The van der Waals surface area contributed by atoms with Crippen LogP contribution in [-0.2, 0) is 11.2 Å². The Kier molecular flexibility index (Phi) is 7.10. The van der Waals surface area contributed by atoms with Crippen molar-refractivity contribution in [2.45, 2.75) is 39.3 Å². The molecule has 0 radical (unpaired) electrons. The van der Waals surface area contributed by atoms with E-state index >= 15 is 0 Å². The van der Waals surface area contributed by atoms with E-state index < -0.39 is 35.7 Å². The smallest absolute Gasteiger partial charge is 0.387 e. The lowest BCUT2D eigenvalue weighted by Gasteiger charge is -2.20. The van der Waals surface area contributed by atoms with E-state index in [1.807, 2.05) is 0 Å². The maximum absolute atomic E-state index is 14.0. The zero-order valence-corrected chi connectivity index (χ0v) is 24.2. The van der Waals surface area contributed by atoms with Crippen LogP contribution in [-0.4, -0.2) is 39.7 Å². The fraction of sp³-hybridized carbons (Fsp3) is 0.188. The molecule has 1 saturated heterocycles. The summed E-state index contributed by atoms with van der Waals surface area (Å²) in [5.74, 6) is -1.45. The number of amides is 3. The Balaban J connectivity index is 1.27. The molecule has 0 spiro atoms. The lowest BCUT2D eigenvalue weighted by Crippen LogP contribution is -2.40. The molecule has 0 unspecified atom stereocenters. The van der Waals surface area contributed by atoms with E-state index in [1.165, 1.54) is 55.1 Å². The van der Waals surface area contributed by atoms with Gasteiger partial charge in [0.1, 0.15) is 17.1 Å². The standard InChI is InChI=1S/C32H26F3N5O5/c1-16-10-20(44-25-7-5-4-6-22(25)33)8-9-23(16)40-28(36)21(15-37-40)27(41)19-11-17-13-24(26(45-30(34)35)14-18(17)12-19)39-29(42)32(2,3)38-31(39)43/h4-10,12-15,30H,11,36H2,1-3H3,(H,38,43). The number of hydrogen-bond donors (Lipinski definition) is 2. The van der Waals surface area contributed by atoms with Crippen LogP contribution in [0.1, 0.15) is 40.9 Å². The van der Waals surface area contributed by atoms with Crippen LogP contribution in [0.15, 0.2) is 66.4 Å². The van der Waals surface area contributed by atoms with E-state index in [2.05, 4.69) is 15.2 Å². The first-order valence-electron chi connectivity index (χ1n) is 13.7. The molecule has 0 saturated carbocycles. The number of carbonyl (C=O) groups excluding carboxylic acids is 3. The van der Waals surface area contributed by atoms with Gasteiger partial charge in [0.05, 0.1) is 23.1 Å². The highest BCUT2D eigenvalue weighted by Crippen LogP contribution is 2.40. The number of aryl methyl sites for hydroxylation is 1. The van der Waals surface area contributed by atoms with Crippen LogP contribution in [0.3, 0.4) is 0 Å². The van der Waals surface area contributed by atoms with Crippen molar-refractivity contribution < 1.29 is 37.0 Å². The quantitative estimate of drug-likeness (QED) is 0.185. The molecule has 4 aromatic rings. The summed E-state index contributed by atoms with van der Waals surface area (Å²) in [5.41, 5.74) is 7.56. The molecule has 1 aromatic heterocycles. The summed E-state index contributed by atoms with van der Waals surface area (Å²) in [5, 5.41) is 6.82. The molecule has 1 fully saturated rings. The fourth-order valence-electron chi connectivity index (χ4n) is 5.32. The zero-order chi connectivity index (χ0) is 32.2. The van der Waals surface area contributed by atoms with Gasteiger partial charge in [-0.1, -0.05) is 12.1 Å². The third-order valence-electron chi connectivity index (χ3n) is 7.55. The second-order valence-corrected chi connectivity index (χ2v) is 11.1. The maximum atomic E-state index is 14.0. The topological polar surface area (TPSA) is 129 Å². The van der Waals surface area contributed by atoms with Crippen LogP contribution in [0.25, 0.3) is 11.8 Å². The number of anilines is 2. The number of fused-ring (bicyclic) bond motifs is 1. The highest BCUT2D eigenvalue weighted by atomic mass is 19.3. The van der Waals surface area contributed by atoms with Gasteiger partial charge in [0.15, 0.2) is 23.1 Å². The minimum atomic E-state index is -3.23. The highest BCUT2D eigenvalue weighted by molar-refractivity contribution is 6.24. The molecule has 2 heterocycles. The molecule has 230 valence electrons. The van der Waals surface area contributed by atoms with Crippen LogP contribution < -0.4 is 25.4 Å². The Hall–Kier alpha value is -5.59. The molecule has 13 heteroatoms. The van der Waals surface area contributed by atoms with Gasteiger partial charge in [0.25, 0.3) is 5.91 Å². The Bertz CT molecular complexity index is 1930. The predicted molar refractivity (Wildman–Crippen MR) is 158 cm³/mol. The number of nitrogens with zero attached hydrogens (tertiary/aromatic N) is 3. The molecule has 10 nitrogen and oxygen atoms in total. The number of alkyl halides is 2. The van der Waals surface area contributed by atoms with E-state index in [0.717, 1.165) is 4.90 Å². The minimum absolute atomic E-state index is 0.0618. The molecule has 1 aliphatic carbocycles. The molecule has 0 bridgehead atoms. The van der Waals surface area contributed by atoms with E-state index in [0.29, 0.717) is 33.7 Å². The van der Waals surface area contributed by atoms with Gasteiger partial charge >= 0.3 is 12.6 Å². The fourth-order valence-corrected chi connectivity index (χ4v) is 5.32. The van der Waals surface area contributed by atoms with Gasteiger partial charge < -0.3 is 20.5 Å². The monoisotopic (exact) mass is 617 g/mol. The summed E-state index contributed by atoms with van der Waals surface area (Å²) < 4.78 is 52.4. The van der Waals surface area contributed by atoms with Gasteiger partial charge in [0, 0.05) is 12.0 Å². The molecule has 6 rings (SSSR count). The van der Waals surface area contributed by atoms with Crippen molar-refractivity contribution in [2.24, 2.45) is 0 Å². The van der Waals surface area contributed by atoms with Crippen molar-refractivity contribution in [3.63, 3.8) is 0 Å². The van der Waals surface area contributed by atoms with Crippen LogP contribution in [0, 0.1) is 12.7 Å². The number of hydrogen-bond acceptors (Lipinski definition) is 7. The number of nitrogens with one attached hydrogen (secondary N) is 1. The third-order valence-corrected chi connectivity index (χ3v) is 7.55. The average molecular weight is 618 g/mol. The van der Waals surface area contributed by atoms with Gasteiger partial charge in [-0.05, 0) is 86.0 Å². The molecular weight excluding hydrogens is 591 g/mol. The number of halogens is 3. The van der Waals surface area contributed by atoms with Gasteiger partial charge in [-0.2, -0.15) is 13.9 Å². The normalized spacial score (nSPS) is 15.3. The lowest BCUT2D eigenvalue weighted by atomic mass is 10.0. The molecule has 0 atom stereocenters. The summed E-state index contributed by atoms with van der Waals surface area (Å²) in [4.78, 5) is 39.9. The van der Waals surface area contributed by atoms with E-state index in [1.54, 1.807) is 37.3 Å². The Labute approximate surface area is 254 Å². The minimum Gasteiger partial charge on any atom is -0.454 e. The third kappa shape index (κ3) is 5.26. The Morgan fingerprint density at radius 3 is 2.49 bits per heavy atom. The van der Waals surface area contributed by atoms with Crippen molar-refractivity contribution in [2.75, 3.05) is 10.6 Å². The van der Waals surface area contributed by atoms with Crippen molar-refractivity contribution in [3.8, 4) is 22.9 Å². The number of imide groups is 1. The van der Waals surface area contributed by atoms with Crippen LogP contribution in [0.2, 0.25) is 0 Å². The second-order valence-electron chi connectivity index (χ2n) is 11.1. The number of para-hydroxylation sites is 1. The number of nitrogens with two attached hydrogens (primary N) is 1. The SMILES string of the molecule is Cc1cc(Oc2ccccc2F)ccc1-n1ncc(C(=O)C2=Cc3cc(OC(F)F)c(N4C(=O)NC(C)(C)C4=O)cc3C2)c1N. The number of allylic oxidation sites excluding steroid dienone is 1. The number of rotatable bonds is 8. The number of urea groups is 1. The summed E-state index contributed by atoms with van der Waals surface area (Å²) in [7, 11) is 0. The molecule has 3 amide bonds. The van der Waals surface area contributed by atoms with Crippen molar-refractivity contribution >= 4 is 35.3 Å². The Morgan fingerprint density at radius 2 is 1.82 bits per heavy atom. The van der Waals surface area contributed by atoms with Crippen molar-refractivity contribution in [1.82, 2.24) is 15.1 Å². The van der Waals surface area contributed by atoms with Crippen molar-refractivity contribution in [3.05, 3.63) is 94.4 Å². The molecule has 2 aliphatic rings. The summed E-state index contributed by atoms with van der Waals surface area (Å²) in [6.45, 7) is 1.54. The number of ketones is 1. The number of Topliss-reactive ketones (excluding diaryl/α,β-unsaturated/α-hetero) is 1. The van der Waals surface area contributed by atoms with Crippen molar-refractivity contribution in [1.29, 1.82) is 0 Å². The molecule has 1 aliphatic heterocycles. The summed E-state index contributed by atoms with van der Waals surface area (Å²) in [6.07, 6.45) is 2.93. The molecule has 3 aromatic carbocycles. The maximum Gasteiger partial charge on any atom is 0.387 e. The predicted octanol–water partition coefficient (Wildman–Crippen LogP) is 5.95. The van der Waals surface area contributed by atoms with Crippen LogP contribution >= 0.6 is 0 Å². The van der Waals surface area contributed by atoms with Gasteiger partial charge in [-0.15, -0.1) is 0 Å². The zero-order valence-electron chi connectivity index (χ0n) is 24.2. The van der Waals surface area contributed by atoms with Gasteiger partial charge in [0.2, 0.25) is 0 Å². The first-order valence-corrected chi connectivity index (χ1v) is 13.7. The lowest BCUT2D eigenvalue weighted by molar-refractivity contribution is -0.121. The molecular formula is C32H26F3N5O5. The van der Waals surface area contributed by atoms with Crippen LogP contribution in [0.4, 0.5) is 29.5 Å². The first kappa shape index (κ1) is 29.5. The number of nitrogen functional groups attached to an aromatic ring is 1. The highest BCUT2D eigenvalue weighted by Gasteiger charge is 2.46. The van der Waals surface area contributed by atoms with Crippen LogP contribution in [0.5, 0.6) is 17.2 Å². The number of ether oxygens (including phenoxy) is 2.